The van der Waals surface area contributed by atoms with Crippen molar-refractivity contribution < 1.29 is 17.7 Å². The van der Waals surface area contributed by atoms with E-state index < -0.39 is 26.5 Å². The van der Waals surface area contributed by atoms with E-state index in [0.29, 0.717) is 0 Å². The lowest BCUT2D eigenvalue weighted by Crippen LogP contribution is -2.16. The molecule has 0 amide bonds. The molecule has 0 aliphatic rings. The van der Waals surface area contributed by atoms with Crippen molar-refractivity contribution in [3.63, 3.8) is 0 Å². The topological polar surface area (TPSA) is 89.3 Å². The van der Waals surface area contributed by atoms with E-state index >= 15 is 0 Å². The number of nitro groups is 1. The van der Waals surface area contributed by atoms with Gasteiger partial charge in [0.2, 0.25) is 10.0 Å². The van der Waals surface area contributed by atoms with Gasteiger partial charge in [0, 0.05) is 6.07 Å². The predicted octanol–water partition coefficient (Wildman–Crippen LogP) is 2.98. The molecule has 2 aromatic rings. The maximum atomic E-state index is 13.1. The zero-order valence-corrected chi connectivity index (χ0v) is 12.4. The molecule has 22 heavy (non-hydrogen) atoms. The highest BCUT2D eigenvalue weighted by Crippen LogP contribution is 2.26. The quantitative estimate of drug-likeness (QED) is 0.676. The lowest BCUT2D eigenvalue weighted by molar-refractivity contribution is -0.385. The number of benzene rings is 2. The smallest absolute Gasteiger partial charge is 0.274 e. The Morgan fingerprint density at radius 2 is 1.91 bits per heavy atom. The van der Waals surface area contributed by atoms with E-state index in [4.69, 9.17) is 0 Å². The molecule has 0 saturated carbocycles. The molecule has 0 aliphatic carbocycles. The van der Waals surface area contributed by atoms with Crippen LogP contribution in [0.4, 0.5) is 15.8 Å². The summed E-state index contributed by atoms with van der Waals surface area (Å²) in [6, 6.07) is 9.37. The van der Waals surface area contributed by atoms with Crippen LogP contribution in [0.1, 0.15) is 11.1 Å². The fraction of sp³-hybridized carbons (Fsp3) is 0.143. The summed E-state index contributed by atoms with van der Waals surface area (Å²) in [5, 5.41) is 10.9. The third-order valence-corrected chi connectivity index (χ3v) is 4.26. The molecule has 8 heteroatoms. The minimum absolute atomic E-state index is 0.130. The molecule has 0 radical (unpaired) electrons. The highest BCUT2D eigenvalue weighted by atomic mass is 32.2. The van der Waals surface area contributed by atoms with Gasteiger partial charge in [-0.15, -0.1) is 0 Å². The normalized spacial score (nSPS) is 11.2. The van der Waals surface area contributed by atoms with E-state index in [9.17, 15) is 22.9 Å². The Labute approximate surface area is 126 Å². The Morgan fingerprint density at radius 1 is 1.23 bits per heavy atom. The second-order valence-electron chi connectivity index (χ2n) is 4.70. The van der Waals surface area contributed by atoms with Crippen LogP contribution in [0.3, 0.4) is 0 Å². The molecule has 0 aromatic heterocycles. The van der Waals surface area contributed by atoms with Crippen molar-refractivity contribution in [3.05, 3.63) is 69.5 Å². The Balaban J connectivity index is 2.26. The average molecular weight is 324 g/mol. The van der Waals surface area contributed by atoms with Gasteiger partial charge >= 0.3 is 0 Å². The van der Waals surface area contributed by atoms with Crippen molar-refractivity contribution in [2.75, 3.05) is 4.72 Å². The highest BCUT2D eigenvalue weighted by Gasteiger charge is 2.18. The molecule has 0 spiro atoms. The van der Waals surface area contributed by atoms with Crippen LogP contribution in [-0.2, 0) is 15.8 Å². The summed E-state index contributed by atoms with van der Waals surface area (Å²) in [7, 11) is -3.81. The minimum Gasteiger partial charge on any atom is -0.283 e. The number of nitrogens with one attached hydrogen (secondary N) is 1. The summed E-state index contributed by atoms with van der Waals surface area (Å²) in [6.45, 7) is 1.46. The second-order valence-corrected chi connectivity index (χ2v) is 6.42. The maximum Gasteiger partial charge on any atom is 0.274 e. The lowest BCUT2D eigenvalue weighted by atomic mass is 10.2. The molecule has 0 aliphatic heterocycles. The monoisotopic (exact) mass is 324 g/mol. The predicted molar refractivity (Wildman–Crippen MR) is 80.5 cm³/mol. The van der Waals surface area contributed by atoms with Crippen LogP contribution in [0.25, 0.3) is 0 Å². The number of nitro benzene ring substituents is 1. The number of anilines is 1. The molecule has 6 nitrogen and oxygen atoms in total. The summed E-state index contributed by atoms with van der Waals surface area (Å²) in [5.74, 6) is -0.952. The van der Waals surface area contributed by atoms with Crippen molar-refractivity contribution >= 4 is 21.4 Å². The van der Waals surface area contributed by atoms with Crippen LogP contribution in [0.2, 0.25) is 0 Å². The number of sulfonamides is 1. The van der Waals surface area contributed by atoms with E-state index in [1.807, 2.05) is 0 Å². The highest BCUT2D eigenvalue weighted by molar-refractivity contribution is 7.91. The molecule has 0 atom stereocenters. The van der Waals surface area contributed by atoms with Crippen molar-refractivity contribution in [1.29, 1.82) is 0 Å². The zero-order valence-electron chi connectivity index (χ0n) is 11.6. The summed E-state index contributed by atoms with van der Waals surface area (Å²) in [4.78, 5) is 10.3. The number of hydrogen-bond donors (Lipinski definition) is 1. The van der Waals surface area contributed by atoms with Gasteiger partial charge in [0.15, 0.2) is 0 Å². The molecule has 0 fully saturated rings. The third kappa shape index (κ3) is 3.79. The van der Waals surface area contributed by atoms with Crippen molar-refractivity contribution in [3.8, 4) is 0 Å². The first-order valence-corrected chi connectivity index (χ1v) is 7.93. The Hall–Kier alpha value is -2.48. The van der Waals surface area contributed by atoms with E-state index in [-0.39, 0.29) is 22.5 Å². The van der Waals surface area contributed by atoms with Gasteiger partial charge in [-0.1, -0.05) is 18.2 Å². The second kappa shape index (κ2) is 6.10. The SMILES string of the molecule is Cc1c(NS(=O)(=O)Cc2cccc(F)c2)cccc1[N+](=O)[O-]. The lowest BCUT2D eigenvalue weighted by Gasteiger charge is -2.10. The van der Waals surface area contributed by atoms with Gasteiger partial charge in [-0.2, -0.15) is 0 Å². The number of hydrogen-bond acceptors (Lipinski definition) is 4. The number of halogens is 1. The van der Waals surface area contributed by atoms with Gasteiger partial charge in [-0.25, -0.2) is 12.8 Å². The van der Waals surface area contributed by atoms with Gasteiger partial charge in [0.25, 0.3) is 5.69 Å². The van der Waals surface area contributed by atoms with Crippen LogP contribution in [-0.4, -0.2) is 13.3 Å². The first kappa shape index (κ1) is 15.9. The van der Waals surface area contributed by atoms with Crippen LogP contribution in [0, 0.1) is 22.9 Å². The number of nitrogens with zero attached hydrogens (tertiary/aromatic N) is 1. The molecule has 0 unspecified atom stereocenters. The summed E-state index contributed by atoms with van der Waals surface area (Å²) in [6.07, 6.45) is 0. The average Bonchev–Trinajstić information content (AvgIpc) is 2.40. The summed E-state index contributed by atoms with van der Waals surface area (Å²) >= 11 is 0. The first-order valence-electron chi connectivity index (χ1n) is 6.27. The molecular weight excluding hydrogens is 311 g/mol. The Kier molecular flexibility index (Phi) is 4.41. The summed E-state index contributed by atoms with van der Waals surface area (Å²) < 4.78 is 39.6. The molecule has 1 N–H and O–H groups in total. The molecule has 0 bridgehead atoms. The molecule has 2 rings (SSSR count). The van der Waals surface area contributed by atoms with E-state index in [1.165, 1.54) is 43.3 Å². The van der Waals surface area contributed by atoms with Crippen LogP contribution < -0.4 is 4.72 Å². The molecular formula is C14H13FN2O4S. The molecule has 0 heterocycles. The van der Waals surface area contributed by atoms with Gasteiger partial charge in [0.05, 0.1) is 21.9 Å². The fourth-order valence-corrected chi connectivity index (χ4v) is 3.23. The minimum atomic E-state index is -3.81. The van der Waals surface area contributed by atoms with E-state index in [0.717, 1.165) is 6.07 Å². The number of rotatable bonds is 5. The Morgan fingerprint density at radius 3 is 2.55 bits per heavy atom. The Bertz CT molecular complexity index is 821. The molecule has 116 valence electrons. The van der Waals surface area contributed by atoms with Crippen LogP contribution >= 0.6 is 0 Å². The molecule has 2 aromatic carbocycles. The van der Waals surface area contributed by atoms with Crippen molar-refractivity contribution in [1.82, 2.24) is 0 Å². The maximum absolute atomic E-state index is 13.1. The summed E-state index contributed by atoms with van der Waals surface area (Å²) in [5.41, 5.74) is 0.461. The van der Waals surface area contributed by atoms with Gasteiger partial charge < -0.3 is 0 Å². The van der Waals surface area contributed by atoms with Gasteiger partial charge in [0.1, 0.15) is 5.82 Å². The van der Waals surface area contributed by atoms with E-state index in [2.05, 4.69) is 4.72 Å². The van der Waals surface area contributed by atoms with Crippen molar-refractivity contribution in [2.45, 2.75) is 12.7 Å². The van der Waals surface area contributed by atoms with Gasteiger partial charge in [-0.3, -0.25) is 14.8 Å². The van der Waals surface area contributed by atoms with E-state index in [1.54, 1.807) is 0 Å². The van der Waals surface area contributed by atoms with Crippen molar-refractivity contribution in [2.24, 2.45) is 0 Å². The largest absolute Gasteiger partial charge is 0.283 e. The first-order chi connectivity index (χ1) is 10.3. The van der Waals surface area contributed by atoms with Crippen LogP contribution in [0.5, 0.6) is 0 Å². The third-order valence-electron chi connectivity index (χ3n) is 3.01. The molecule has 0 saturated heterocycles. The standard InChI is InChI=1S/C14H13FN2O4S/c1-10-13(6-3-7-14(10)17(18)19)16-22(20,21)9-11-4-2-5-12(15)8-11/h2-8,16H,9H2,1H3. The fourth-order valence-electron chi connectivity index (χ4n) is 1.98. The van der Waals surface area contributed by atoms with Gasteiger partial charge in [-0.05, 0) is 30.7 Å². The zero-order chi connectivity index (χ0) is 16.3. The van der Waals surface area contributed by atoms with Crippen LogP contribution in [0.15, 0.2) is 42.5 Å².